The van der Waals surface area contributed by atoms with Gasteiger partial charge in [-0.1, -0.05) is 30.9 Å². The highest BCUT2D eigenvalue weighted by molar-refractivity contribution is 6.09. The topological polar surface area (TPSA) is 104 Å². The third kappa shape index (κ3) is 7.96. The Hall–Kier alpha value is -4.08. The summed E-state index contributed by atoms with van der Waals surface area (Å²) >= 11 is 0. The molecule has 0 unspecified atom stereocenters. The molecule has 0 atom stereocenters. The molecule has 2 amide bonds. The minimum atomic E-state index is -0.142. The van der Waals surface area contributed by atoms with E-state index in [1.165, 1.54) is 6.20 Å². The van der Waals surface area contributed by atoms with Crippen molar-refractivity contribution in [1.29, 1.82) is 0 Å². The van der Waals surface area contributed by atoms with E-state index in [-0.39, 0.29) is 6.03 Å². The largest absolute Gasteiger partial charge is 0.493 e. The molecule has 0 saturated carbocycles. The number of rotatable bonds is 2. The quantitative estimate of drug-likeness (QED) is 0.518. The number of benzene rings is 2. The molecule has 0 radical (unpaired) electrons. The predicted molar refractivity (Wildman–Crippen MR) is 153 cm³/mol. The summed E-state index contributed by atoms with van der Waals surface area (Å²) in [6.45, 7) is 8.40. The van der Waals surface area contributed by atoms with Crippen molar-refractivity contribution in [2.75, 3.05) is 57.1 Å². The second-order valence-electron chi connectivity index (χ2n) is 9.21. The van der Waals surface area contributed by atoms with Crippen LogP contribution in [0.1, 0.15) is 17.5 Å². The van der Waals surface area contributed by atoms with E-state index in [9.17, 15) is 4.79 Å². The number of morpholine rings is 1. The number of likely N-dealkylation sites (N-methyl/N-ethyl adjacent to an activating group) is 1. The molecule has 4 N–H and O–H groups in total. The van der Waals surface area contributed by atoms with Crippen LogP contribution in [0.5, 0.6) is 5.75 Å². The third-order valence-corrected chi connectivity index (χ3v) is 6.06. The van der Waals surface area contributed by atoms with Gasteiger partial charge in [-0.2, -0.15) is 0 Å². The highest BCUT2D eigenvalue weighted by Gasteiger charge is 2.17. The van der Waals surface area contributed by atoms with Crippen LogP contribution in [-0.2, 0) is 11.3 Å². The Morgan fingerprint density at radius 1 is 1.16 bits per heavy atom. The first-order chi connectivity index (χ1) is 18.5. The lowest BCUT2D eigenvalue weighted by Gasteiger charge is -2.27. The number of hydrogen-bond donors (Lipinski definition) is 3. The van der Waals surface area contributed by atoms with Crippen molar-refractivity contribution in [2.24, 2.45) is 10.7 Å². The molecule has 4 bridgehead atoms. The van der Waals surface area contributed by atoms with Gasteiger partial charge in [0.15, 0.2) is 0 Å². The zero-order valence-corrected chi connectivity index (χ0v) is 21.9. The van der Waals surface area contributed by atoms with Gasteiger partial charge in [-0.25, -0.2) is 9.79 Å². The molecule has 2 aromatic carbocycles. The number of urea groups is 1. The molecule has 200 valence electrons. The molecule has 9 heteroatoms. The lowest BCUT2D eigenvalue weighted by Crippen LogP contribution is -2.43. The normalized spacial score (nSPS) is 19.9. The Bertz CT molecular complexity index is 1220. The van der Waals surface area contributed by atoms with E-state index < -0.39 is 0 Å². The van der Waals surface area contributed by atoms with Gasteiger partial charge in [-0.3, -0.25) is 4.90 Å². The Morgan fingerprint density at radius 3 is 2.82 bits per heavy atom. The summed E-state index contributed by atoms with van der Waals surface area (Å²) in [7, 11) is 2.06. The molecule has 2 aliphatic heterocycles. The summed E-state index contributed by atoms with van der Waals surface area (Å²) in [5, 5.41) is 6.33. The number of nitrogens with two attached hydrogens (primary N) is 1. The van der Waals surface area contributed by atoms with Gasteiger partial charge in [0.2, 0.25) is 0 Å². The van der Waals surface area contributed by atoms with E-state index in [2.05, 4.69) is 41.3 Å². The molecule has 1 fully saturated rings. The summed E-state index contributed by atoms with van der Waals surface area (Å²) in [4.78, 5) is 21.5. The second-order valence-corrected chi connectivity index (χ2v) is 9.21. The molecule has 2 aliphatic rings. The molecule has 0 aliphatic carbocycles. The van der Waals surface area contributed by atoms with E-state index >= 15 is 0 Å². The first-order valence-electron chi connectivity index (χ1n) is 12.8. The van der Waals surface area contributed by atoms with Crippen LogP contribution in [0.4, 0.5) is 16.2 Å². The number of nitrogens with one attached hydrogen (secondary N) is 2. The zero-order chi connectivity index (χ0) is 26.7. The fraction of sp³-hybridized carbons (Fsp3) is 0.310. The average Bonchev–Trinajstić information content (AvgIpc) is 2.90. The van der Waals surface area contributed by atoms with Gasteiger partial charge >= 0.3 is 6.03 Å². The maximum absolute atomic E-state index is 12.9. The Labute approximate surface area is 224 Å². The van der Waals surface area contributed by atoms with Gasteiger partial charge in [-0.15, -0.1) is 0 Å². The van der Waals surface area contributed by atoms with Crippen LogP contribution >= 0.6 is 0 Å². The number of carbonyl (C=O) groups is 1. The van der Waals surface area contributed by atoms with Crippen molar-refractivity contribution in [3.63, 3.8) is 0 Å². The molecule has 38 heavy (non-hydrogen) atoms. The van der Waals surface area contributed by atoms with Crippen molar-refractivity contribution < 1.29 is 14.3 Å². The average molecular weight is 517 g/mol. The van der Waals surface area contributed by atoms with Gasteiger partial charge in [0.25, 0.3) is 0 Å². The maximum atomic E-state index is 12.9. The van der Waals surface area contributed by atoms with Crippen molar-refractivity contribution >= 4 is 23.1 Å². The molecule has 0 spiro atoms. The van der Waals surface area contributed by atoms with Gasteiger partial charge < -0.3 is 30.7 Å². The van der Waals surface area contributed by atoms with Crippen LogP contribution in [-0.4, -0.2) is 68.0 Å². The fourth-order valence-corrected chi connectivity index (χ4v) is 4.26. The van der Waals surface area contributed by atoms with Crippen molar-refractivity contribution in [1.82, 2.24) is 9.80 Å². The number of nitrogens with zero attached hydrogens (tertiary/aromatic N) is 3. The smallest absolute Gasteiger partial charge is 0.322 e. The number of carbonyl (C=O) groups excluding carboxylic acids is 1. The van der Waals surface area contributed by atoms with E-state index in [0.717, 1.165) is 35.5 Å². The standard InChI is InChI=1S/C29H36N6O3/c1-22-31-25-17-23(18-26(20-25)33-29(36)35-12-15-37-16-13-35)21-34(2)11-4-3-5-14-38-27-8-6-7-24(19-27)28(32-22)9-10-30/h3-4,6-10,17-20,31H,1,5,11-16,21,30H2,2H3,(H,33,36)/b4-3+,10-9-,32-28+. The van der Waals surface area contributed by atoms with Gasteiger partial charge in [-0.05, 0) is 61.6 Å². The lowest BCUT2D eigenvalue weighted by molar-refractivity contribution is 0.0564. The highest BCUT2D eigenvalue weighted by Crippen LogP contribution is 2.23. The Morgan fingerprint density at radius 2 is 2.00 bits per heavy atom. The SMILES string of the molecule is C=C1/N=C(\C=C/N)c2cccc(c2)OCC/C=C/CN(C)Cc2cc(cc(NC(=O)N3CCOCC3)c2)N1. The first-order valence-corrected chi connectivity index (χ1v) is 12.8. The van der Waals surface area contributed by atoms with Gasteiger partial charge in [0.1, 0.15) is 11.6 Å². The van der Waals surface area contributed by atoms with E-state index in [4.69, 9.17) is 20.2 Å². The van der Waals surface area contributed by atoms with E-state index in [0.29, 0.717) is 56.7 Å². The van der Waals surface area contributed by atoms with Crippen molar-refractivity contribution in [3.8, 4) is 5.75 Å². The molecule has 1 saturated heterocycles. The Kier molecular flexibility index (Phi) is 9.55. The lowest BCUT2D eigenvalue weighted by atomic mass is 10.1. The number of anilines is 2. The summed E-state index contributed by atoms with van der Waals surface area (Å²) < 4.78 is 11.3. The number of allylic oxidation sites excluding steroid dienone is 1. The molecule has 4 rings (SSSR count). The fourth-order valence-electron chi connectivity index (χ4n) is 4.26. The summed E-state index contributed by atoms with van der Waals surface area (Å²) in [5.74, 6) is 1.20. The molecule has 0 aromatic heterocycles. The Balaban J connectivity index is 1.64. The number of amides is 2. The van der Waals surface area contributed by atoms with Crippen LogP contribution in [0.25, 0.3) is 0 Å². The second kappa shape index (κ2) is 13.5. The van der Waals surface area contributed by atoms with E-state index in [1.54, 1.807) is 11.0 Å². The molecule has 9 nitrogen and oxygen atoms in total. The number of ether oxygens (including phenoxy) is 2. The van der Waals surface area contributed by atoms with Gasteiger partial charge in [0.05, 0.1) is 25.5 Å². The zero-order valence-electron chi connectivity index (χ0n) is 21.9. The minimum absolute atomic E-state index is 0.142. The van der Waals surface area contributed by atoms with Crippen LogP contribution in [0.3, 0.4) is 0 Å². The predicted octanol–water partition coefficient (Wildman–Crippen LogP) is 4.17. The maximum Gasteiger partial charge on any atom is 0.322 e. The monoisotopic (exact) mass is 516 g/mol. The molecular weight excluding hydrogens is 480 g/mol. The number of aliphatic imine (C=N–C) groups is 1. The minimum Gasteiger partial charge on any atom is -0.493 e. The molecule has 2 aromatic rings. The van der Waals surface area contributed by atoms with Gasteiger partial charge in [0, 0.05) is 43.1 Å². The van der Waals surface area contributed by atoms with E-state index in [1.807, 2.05) is 42.5 Å². The van der Waals surface area contributed by atoms with Crippen LogP contribution in [0, 0.1) is 0 Å². The number of hydrogen-bond acceptors (Lipinski definition) is 7. The summed E-state index contributed by atoms with van der Waals surface area (Å²) in [6, 6.07) is 13.5. The highest BCUT2D eigenvalue weighted by atomic mass is 16.5. The van der Waals surface area contributed by atoms with Crippen LogP contribution in [0.15, 0.2) is 84.3 Å². The van der Waals surface area contributed by atoms with Crippen LogP contribution < -0.4 is 21.1 Å². The summed E-state index contributed by atoms with van der Waals surface area (Å²) in [6.07, 6.45) is 8.25. The third-order valence-electron chi connectivity index (χ3n) is 6.06. The molecule has 2 heterocycles. The molecular formula is C29H36N6O3. The number of fused-ring (bicyclic) bond motifs is 4. The van der Waals surface area contributed by atoms with Crippen molar-refractivity contribution in [2.45, 2.75) is 13.0 Å². The van der Waals surface area contributed by atoms with Crippen molar-refractivity contribution in [3.05, 3.63) is 90.4 Å². The first kappa shape index (κ1) is 27.0. The van der Waals surface area contributed by atoms with Crippen LogP contribution in [0.2, 0.25) is 0 Å². The summed E-state index contributed by atoms with van der Waals surface area (Å²) in [5.41, 5.74) is 9.74.